The Morgan fingerprint density at radius 3 is 1.30 bits per heavy atom. The first-order valence-electron chi connectivity index (χ1n) is 26.7. The number of fused-ring (bicyclic) bond motifs is 6. The van der Waals surface area contributed by atoms with Crippen LogP contribution in [0.15, 0.2) is 18.4 Å². The highest BCUT2D eigenvalue weighted by Crippen LogP contribution is 2.66. The van der Waals surface area contributed by atoms with E-state index >= 15 is 0 Å². The molecule has 7 heteroatoms. The molecule has 0 nitrogen and oxygen atoms in total. The van der Waals surface area contributed by atoms with E-state index in [1.807, 2.05) is 15.3 Å². The summed E-state index contributed by atoms with van der Waals surface area (Å²) >= 11 is 17.6. The van der Waals surface area contributed by atoms with Crippen LogP contribution in [0.5, 0.6) is 0 Å². The van der Waals surface area contributed by atoms with Crippen molar-refractivity contribution in [3.8, 4) is 0 Å². The minimum Gasteiger partial charge on any atom is -0.134 e. The number of thioether (sulfide) groups is 2. The van der Waals surface area contributed by atoms with Crippen LogP contribution in [0.2, 0.25) is 12.1 Å². The highest BCUT2D eigenvalue weighted by Gasteiger charge is 2.58. The highest BCUT2D eigenvalue weighted by atomic mass is 79.9. The minimum absolute atomic E-state index is 0.671. The molecule has 0 saturated heterocycles. The van der Waals surface area contributed by atoms with Crippen molar-refractivity contribution >= 4 is 106 Å². The first-order chi connectivity index (χ1) is 30.0. The predicted molar refractivity (Wildman–Crippen MR) is 296 cm³/mol. The van der Waals surface area contributed by atoms with Crippen LogP contribution >= 0.6 is 78.1 Å². The summed E-state index contributed by atoms with van der Waals surface area (Å²) in [5.74, 6) is 0. The van der Waals surface area contributed by atoms with Gasteiger partial charge in [-0.25, -0.2) is 0 Å². The van der Waals surface area contributed by atoms with Gasteiger partial charge in [-0.3, -0.25) is 0 Å². The summed E-state index contributed by atoms with van der Waals surface area (Å²) in [6, 6.07) is 3.01. The van der Waals surface area contributed by atoms with Crippen LogP contribution in [-0.4, -0.2) is 18.6 Å². The molecule has 0 radical (unpaired) electrons. The molecule has 2 aromatic rings. The zero-order valence-electron chi connectivity index (χ0n) is 39.9. The third-order valence-electron chi connectivity index (χ3n) is 14.6. The quantitative estimate of drug-likeness (QED) is 0.0486. The number of rotatable bonds is 38. The van der Waals surface area contributed by atoms with Gasteiger partial charge in [-0.1, -0.05) is 233 Å². The van der Waals surface area contributed by atoms with E-state index < -0.39 is 8.07 Å². The van der Waals surface area contributed by atoms with E-state index in [9.17, 15) is 0 Å². The molecule has 0 spiro atoms. The molecule has 0 fully saturated rings. The van der Waals surface area contributed by atoms with Gasteiger partial charge in [0.2, 0.25) is 0 Å². The summed E-state index contributed by atoms with van der Waals surface area (Å²) in [4.78, 5) is 3.61. The Balaban J connectivity index is 1.30. The number of thiophene rings is 2. The van der Waals surface area contributed by atoms with Crippen molar-refractivity contribution in [2.24, 2.45) is 0 Å². The molecule has 0 aliphatic carbocycles. The zero-order chi connectivity index (χ0) is 43.1. The third-order valence-corrected chi connectivity index (χ3v) is 28.3. The first-order valence-corrected chi connectivity index (χ1v) is 34.1. The summed E-state index contributed by atoms with van der Waals surface area (Å²) in [6.45, 7) is 9.39. The monoisotopic (exact) mass is 1050 g/mol. The number of aryl methyl sites for hydroxylation is 1. The van der Waals surface area contributed by atoms with E-state index in [4.69, 9.17) is 0 Å². The van der Waals surface area contributed by atoms with E-state index in [0.29, 0.717) is 10.5 Å². The van der Waals surface area contributed by atoms with Crippen LogP contribution < -0.4 is 5.19 Å². The molecule has 2 unspecified atom stereocenters. The fraction of sp³-hybridized carbons (Fsp3) is 0.815. The second-order valence-corrected chi connectivity index (χ2v) is 30.8. The average molecular weight is 1060 g/mol. The Morgan fingerprint density at radius 2 is 0.836 bits per heavy atom. The van der Waals surface area contributed by atoms with Crippen molar-refractivity contribution < 1.29 is 0 Å². The summed E-state index contributed by atoms with van der Waals surface area (Å²) in [7, 11) is -1.93. The van der Waals surface area contributed by atoms with Crippen LogP contribution in [0.1, 0.15) is 263 Å². The largest absolute Gasteiger partial charge is 0.134 e. The lowest BCUT2D eigenvalue weighted by atomic mass is 10.0. The van der Waals surface area contributed by atoms with E-state index in [0.717, 1.165) is 0 Å². The van der Waals surface area contributed by atoms with E-state index in [1.165, 1.54) is 251 Å². The van der Waals surface area contributed by atoms with E-state index in [2.05, 4.69) is 106 Å². The fourth-order valence-corrected chi connectivity index (χ4v) is 28.0. The summed E-state index contributed by atoms with van der Waals surface area (Å²) in [6.07, 6.45) is 51.0. The van der Waals surface area contributed by atoms with Crippen LogP contribution in [0.4, 0.5) is 0 Å². The van der Waals surface area contributed by atoms with Gasteiger partial charge in [-0.05, 0) is 91.2 Å². The van der Waals surface area contributed by atoms with Gasteiger partial charge in [-0.15, -0.1) is 46.2 Å². The van der Waals surface area contributed by atoms with Crippen LogP contribution in [0.25, 0.3) is 14.3 Å². The maximum absolute atomic E-state index is 4.26. The lowest BCUT2D eigenvalue weighted by Gasteiger charge is -2.34. The Kier molecular flexibility index (Phi) is 26.4. The Morgan fingerprint density at radius 1 is 0.426 bits per heavy atom. The fourth-order valence-electron chi connectivity index (χ4n) is 11.0. The normalized spacial score (nSPS) is 18.1. The third kappa shape index (κ3) is 15.5. The van der Waals surface area contributed by atoms with Gasteiger partial charge in [0.15, 0.2) is 0 Å². The molecule has 3 aliphatic heterocycles. The van der Waals surface area contributed by atoms with Gasteiger partial charge in [-0.2, -0.15) is 0 Å². The van der Waals surface area contributed by atoms with E-state index in [1.54, 1.807) is 25.4 Å². The van der Waals surface area contributed by atoms with Crippen LogP contribution in [0, 0.1) is 0 Å². The number of hydrogen-bond acceptors (Lipinski definition) is 4. The number of hydrogen-bond donors (Lipinski definition) is 0. The van der Waals surface area contributed by atoms with Gasteiger partial charge >= 0.3 is 0 Å². The van der Waals surface area contributed by atoms with Gasteiger partial charge in [0.05, 0.1) is 7.60 Å². The molecule has 0 saturated carbocycles. The minimum atomic E-state index is -1.93. The maximum Gasteiger partial charge on any atom is 0.120 e. The van der Waals surface area contributed by atoms with Crippen molar-refractivity contribution in [1.82, 2.24) is 0 Å². The molecule has 3 aliphatic rings. The molecule has 2 atom stereocenters. The van der Waals surface area contributed by atoms with Crippen molar-refractivity contribution in [2.75, 3.05) is 0 Å². The average Bonchev–Trinajstić information content (AvgIpc) is 4.02. The lowest BCUT2D eigenvalue weighted by molar-refractivity contribution is 0.548. The molecular formula is C54H90Br2S4Si. The SMILES string of the molecule is CCCCCCCCCCCCCC1=C(Br)SC2C3=C(SC12)c1sc2c(CCCCCCCCCCCCC)c(Br)sc2c1[Si]3(CCCCCCCC)CCCCCCCC. The maximum atomic E-state index is 4.26. The number of halogens is 2. The van der Waals surface area contributed by atoms with E-state index in [-0.39, 0.29) is 0 Å². The van der Waals surface area contributed by atoms with Crippen molar-refractivity contribution in [3.05, 3.63) is 28.8 Å². The van der Waals surface area contributed by atoms with Gasteiger partial charge < -0.3 is 0 Å². The van der Waals surface area contributed by atoms with Gasteiger partial charge in [0.25, 0.3) is 0 Å². The molecule has 0 bridgehead atoms. The van der Waals surface area contributed by atoms with Crippen LogP contribution in [-0.2, 0) is 6.42 Å². The van der Waals surface area contributed by atoms with Crippen molar-refractivity contribution in [2.45, 2.75) is 281 Å². The molecule has 2 aromatic heterocycles. The molecular weight excluding hydrogens is 965 g/mol. The molecule has 61 heavy (non-hydrogen) atoms. The predicted octanol–water partition coefficient (Wildman–Crippen LogP) is 21.8. The second-order valence-electron chi connectivity index (χ2n) is 19.6. The standard InChI is InChI=1S/C54H90Br2S4Si/c1-5-9-13-17-21-23-25-27-29-31-35-39-43-45-47(59-53(43)55)51-49(57-45)50-52(61(51,41-37-33-19-15-11-7-3)42-38-34-20-16-12-8-4)48-46(58-50)44(54(56)60-48)40-36-32-30-28-26-24-22-18-14-10-6-2/h45,47H,5-42H2,1-4H3. The molecule has 5 rings (SSSR count). The first kappa shape index (κ1) is 53.0. The molecule has 0 aromatic carbocycles. The smallest absolute Gasteiger partial charge is 0.120 e. The van der Waals surface area contributed by atoms with Crippen molar-refractivity contribution in [3.63, 3.8) is 0 Å². The summed E-state index contributed by atoms with van der Waals surface area (Å²) < 4.78 is 6.45. The highest BCUT2D eigenvalue weighted by molar-refractivity contribution is 9.14. The Bertz CT molecular complexity index is 1570. The van der Waals surface area contributed by atoms with Gasteiger partial charge in [0.1, 0.15) is 8.07 Å². The Hall–Kier alpha value is 1.02. The number of unbranched alkanes of at least 4 members (excludes halogenated alkanes) is 30. The molecule has 5 heterocycles. The molecule has 0 amide bonds. The Labute approximate surface area is 412 Å². The topological polar surface area (TPSA) is 0 Å². The summed E-state index contributed by atoms with van der Waals surface area (Å²) in [5, 5.41) is 5.35. The lowest BCUT2D eigenvalue weighted by Crippen LogP contribution is -2.50. The molecule has 0 N–H and O–H groups in total. The molecule has 348 valence electrons. The summed E-state index contributed by atoms with van der Waals surface area (Å²) in [5.41, 5.74) is 3.46. The van der Waals surface area contributed by atoms with Gasteiger partial charge in [0, 0.05) is 29.7 Å². The van der Waals surface area contributed by atoms with Crippen molar-refractivity contribution in [1.29, 1.82) is 0 Å². The van der Waals surface area contributed by atoms with Crippen LogP contribution in [0.3, 0.4) is 0 Å². The second kappa shape index (κ2) is 30.4. The zero-order valence-corrected chi connectivity index (χ0v) is 47.4.